The van der Waals surface area contributed by atoms with Gasteiger partial charge in [0, 0.05) is 6.20 Å². The Balaban J connectivity index is 1.34. The highest BCUT2D eigenvalue weighted by atomic mass is 19.1. The van der Waals surface area contributed by atoms with Crippen molar-refractivity contribution in [3.05, 3.63) is 72.3 Å². The van der Waals surface area contributed by atoms with E-state index < -0.39 is 5.82 Å². The first-order valence-corrected chi connectivity index (χ1v) is 8.61. The van der Waals surface area contributed by atoms with E-state index in [1.807, 2.05) is 24.3 Å². The number of aromatic nitrogens is 2. The lowest BCUT2D eigenvalue weighted by Crippen LogP contribution is -2.33. The number of carbonyl (C=O) groups is 1. The number of ether oxygens (including phenoxy) is 2. The van der Waals surface area contributed by atoms with E-state index in [0.717, 1.165) is 5.75 Å². The van der Waals surface area contributed by atoms with Crippen LogP contribution in [0.15, 0.2) is 60.9 Å². The maximum Gasteiger partial charge on any atom is 0.228 e. The van der Waals surface area contributed by atoms with E-state index in [0.29, 0.717) is 30.2 Å². The van der Waals surface area contributed by atoms with Crippen molar-refractivity contribution in [3.8, 4) is 11.5 Å². The van der Waals surface area contributed by atoms with Gasteiger partial charge in [0.15, 0.2) is 17.6 Å². The summed E-state index contributed by atoms with van der Waals surface area (Å²) in [6.07, 6.45) is 3.05. The van der Waals surface area contributed by atoms with Gasteiger partial charge in [-0.15, -0.1) is 0 Å². The molecule has 2 aromatic carbocycles. The standard InChI is InChI=1S/C20H18FN3O3/c21-17-6-2-1-5-14(17)9-20(25)23-15-10-22-24(11-15)12-16-13-26-18-7-3-4-8-19(18)27-16/h1-8,10-11,16H,9,12-13H2,(H,23,25). The molecule has 1 N–H and O–H groups in total. The number of amides is 1. The van der Waals surface area contributed by atoms with Crippen LogP contribution in [0.4, 0.5) is 10.1 Å². The first-order valence-electron chi connectivity index (χ1n) is 8.61. The quantitative estimate of drug-likeness (QED) is 0.753. The Morgan fingerprint density at radius 3 is 2.81 bits per heavy atom. The summed E-state index contributed by atoms with van der Waals surface area (Å²) in [4.78, 5) is 12.1. The van der Waals surface area contributed by atoms with Gasteiger partial charge in [0.05, 0.1) is 24.8 Å². The van der Waals surface area contributed by atoms with Crippen LogP contribution in [0.5, 0.6) is 11.5 Å². The first-order chi connectivity index (χ1) is 13.2. The van der Waals surface area contributed by atoms with Crippen LogP contribution < -0.4 is 14.8 Å². The van der Waals surface area contributed by atoms with E-state index in [1.165, 1.54) is 6.07 Å². The van der Waals surface area contributed by atoms with Crippen molar-refractivity contribution >= 4 is 11.6 Å². The molecule has 6 nitrogen and oxygen atoms in total. The van der Waals surface area contributed by atoms with Crippen LogP contribution in [0.1, 0.15) is 5.56 Å². The maximum atomic E-state index is 13.6. The van der Waals surface area contributed by atoms with Crippen LogP contribution >= 0.6 is 0 Å². The van der Waals surface area contributed by atoms with Gasteiger partial charge in [0.2, 0.25) is 5.91 Å². The summed E-state index contributed by atoms with van der Waals surface area (Å²) in [5, 5.41) is 6.97. The number of hydrogen-bond donors (Lipinski definition) is 1. The van der Waals surface area contributed by atoms with Crippen LogP contribution in [-0.4, -0.2) is 28.4 Å². The summed E-state index contributed by atoms with van der Waals surface area (Å²) in [7, 11) is 0. The fraction of sp³-hybridized carbons (Fsp3) is 0.200. The predicted molar refractivity (Wildman–Crippen MR) is 97.3 cm³/mol. The number of anilines is 1. The molecule has 4 rings (SSSR count). The summed E-state index contributed by atoms with van der Waals surface area (Å²) in [5.74, 6) is 0.749. The van der Waals surface area contributed by atoms with Crippen LogP contribution in [0.2, 0.25) is 0 Å². The van der Waals surface area contributed by atoms with Gasteiger partial charge in [0.25, 0.3) is 0 Å². The van der Waals surface area contributed by atoms with Crippen molar-refractivity contribution in [2.24, 2.45) is 0 Å². The minimum absolute atomic E-state index is 0.0335. The van der Waals surface area contributed by atoms with Crippen molar-refractivity contribution in [2.45, 2.75) is 19.1 Å². The molecule has 0 bridgehead atoms. The van der Waals surface area contributed by atoms with E-state index in [1.54, 1.807) is 35.3 Å². The van der Waals surface area contributed by atoms with Gasteiger partial charge in [-0.05, 0) is 23.8 Å². The fourth-order valence-electron chi connectivity index (χ4n) is 2.91. The van der Waals surface area contributed by atoms with E-state index >= 15 is 0 Å². The number of para-hydroxylation sites is 2. The Kier molecular flexibility index (Phi) is 4.74. The molecule has 27 heavy (non-hydrogen) atoms. The Hall–Kier alpha value is -3.35. The van der Waals surface area contributed by atoms with Crippen molar-refractivity contribution in [3.63, 3.8) is 0 Å². The molecular formula is C20H18FN3O3. The molecule has 1 amide bonds. The third kappa shape index (κ3) is 4.08. The van der Waals surface area contributed by atoms with E-state index in [4.69, 9.17) is 9.47 Å². The largest absolute Gasteiger partial charge is 0.486 e. The third-order valence-corrected chi connectivity index (χ3v) is 4.18. The molecule has 7 heteroatoms. The number of fused-ring (bicyclic) bond motifs is 1. The van der Waals surface area contributed by atoms with Gasteiger partial charge in [-0.3, -0.25) is 9.48 Å². The second kappa shape index (κ2) is 7.49. The van der Waals surface area contributed by atoms with E-state index in [9.17, 15) is 9.18 Å². The molecule has 0 aliphatic carbocycles. The van der Waals surface area contributed by atoms with Crippen molar-refractivity contribution in [1.82, 2.24) is 9.78 Å². The van der Waals surface area contributed by atoms with Gasteiger partial charge < -0.3 is 14.8 Å². The Morgan fingerprint density at radius 1 is 1.19 bits per heavy atom. The molecule has 138 valence electrons. The Morgan fingerprint density at radius 2 is 1.96 bits per heavy atom. The highest BCUT2D eigenvalue weighted by Gasteiger charge is 2.21. The van der Waals surface area contributed by atoms with Gasteiger partial charge in [0.1, 0.15) is 12.4 Å². The highest BCUT2D eigenvalue weighted by Crippen LogP contribution is 2.31. The molecule has 0 radical (unpaired) electrons. The minimum Gasteiger partial charge on any atom is -0.486 e. The lowest BCUT2D eigenvalue weighted by Gasteiger charge is -2.26. The Labute approximate surface area is 155 Å². The van der Waals surface area contributed by atoms with Gasteiger partial charge in [-0.1, -0.05) is 30.3 Å². The third-order valence-electron chi connectivity index (χ3n) is 4.18. The molecule has 1 aromatic heterocycles. The SMILES string of the molecule is O=C(Cc1ccccc1F)Nc1cnn(CC2COc3ccccc3O2)c1. The normalized spacial score (nSPS) is 15.4. The van der Waals surface area contributed by atoms with Crippen molar-refractivity contribution in [2.75, 3.05) is 11.9 Å². The average molecular weight is 367 g/mol. The zero-order valence-electron chi connectivity index (χ0n) is 14.5. The van der Waals surface area contributed by atoms with Gasteiger partial charge in [-0.25, -0.2) is 4.39 Å². The van der Waals surface area contributed by atoms with Crippen molar-refractivity contribution < 1.29 is 18.7 Å². The lowest BCUT2D eigenvalue weighted by atomic mass is 10.1. The number of carbonyl (C=O) groups excluding carboxylic acids is 1. The van der Waals surface area contributed by atoms with Crippen LogP contribution in [0.25, 0.3) is 0 Å². The van der Waals surface area contributed by atoms with Crippen LogP contribution in [0, 0.1) is 5.82 Å². The molecule has 2 heterocycles. The number of nitrogens with zero attached hydrogens (tertiary/aromatic N) is 2. The number of hydrogen-bond acceptors (Lipinski definition) is 4. The number of rotatable bonds is 5. The highest BCUT2D eigenvalue weighted by molar-refractivity contribution is 5.92. The monoisotopic (exact) mass is 367 g/mol. The van der Waals surface area contributed by atoms with E-state index in [2.05, 4.69) is 10.4 Å². The minimum atomic E-state index is -0.391. The summed E-state index contributed by atoms with van der Waals surface area (Å²) in [6.45, 7) is 0.906. The molecule has 3 aromatic rings. The topological polar surface area (TPSA) is 65.4 Å². The molecule has 0 saturated carbocycles. The summed E-state index contributed by atoms with van der Waals surface area (Å²) >= 11 is 0. The zero-order valence-corrected chi connectivity index (χ0v) is 14.5. The zero-order chi connectivity index (χ0) is 18.6. The molecule has 1 aliphatic rings. The van der Waals surface area contributed by atoms with Gasteiger partial charge >= 0.3 is 0 Å². The summed E-state index contributed by atoms with van der Waals surface area (Å²) in [5.41, 5.74) is 0.905. The van der Waals surface area contributed by atoms with Crippen molar-refractivity contribution in [1.29, 1.82) is 0 Å². The number of halogens is 1. The first kappa shape index (κ1) is 17.1. The predicted octanol–water partition coefficient (Wildman–Crippen LogP) is 3.04. The fourth-order valence-corrected chi connectivity index (χ4v) is 2.91. The Bertz CT molecular complexity index is 957. The number of nitrogens with one attached hydrogen (secondary N) is 1. The smallest absolute Gasteiger partial charge is 0.228 e. The van der Waals surface area contributed by atoms with Crippen LogP contribution in [0.3, 0.4) is 0 Å². The molecule has 1 atom stereocenters. The number of benzene rings is 2. The molecule has 1 unspecified atom stereocenters. The van der Waals surface area contributed by atoms with Crippen LogP contribution in [-0.2, 0) is 17.8 Å². The molecule has 0 spiro atoms. The van der Waals surface area contributed by atoms with E-state index in [-0.39, 0.29) is 18.4 Å². The molecule has 0 fully saturated rings. The second-order valence-electron chi connectivity index (χ2n) is 6.27. The average Bonchev–Trinajstić information content (AvgIpc) is 3.10. The molecular weight excluding hydrogens is 349 g/mol. The second-order valence-corrected chi connectivity index (χ2v) is 6.27. The lowest BCUT2D eigenvalue weighted by molar-refractivity contribution is -0.115. The summed E-state index contributed by atoms with van der Waals surface area (Å²) in [6, 6.07) is 13.7. The van der Waals surface area contributed by atoms with Gasteiger partial charge in [-0.2, -0.15) is 5.10 Å². The summed E-state index contributed by atoms with van der Waals surface area (Å²) < 4.78 is 26.9. The molecule has 0 saturated heterocycles. The molecule has 1 aliphatic heterocycles. The maximum absolute atomic E-state index is 13.6.